The molecule has 5 nitrogen and oxygen atoms in total. The predicted octanol–water partition coefficient (Wildman–Crippen LogP) is 5.22. The number of nitriles is 1. The smallest absolute Gasteiger partial charge is 0.163 e. The standard InChI is InChI=1S/C22H23N5/c1-16(2)12-13-24-20-14-21(25-19-11-7-6-10-18(19)15-23)27-22(26-20)17-8-4-3-5-9-17/h3-11,14,16H,12-13H2,1-2H3,(H2,24,25,26,27). The van der Waals surface area contributed by atoms with Gasteiger partial charge in [0.2, 0.25) is 0 Å². The van der Waals surface area contributed by atoms with Gasteiger partial charge in [-0.1, -0.05) is 56.3 Å². The van der Waals surface area contributed by atoms with Crippen molar-refractivity contribution in [2.75, 3.05) is 17.2 Å². The summed E-state index contributed by atoms with van der Waals surface area (Å²) in [6, 6.07) is 21.3. The third-order valence-electron chi connectivity index (χ3n) is 4.10. The fourth-order valence-corrected chi connectivity index (χ4v) is 2.63. The molecule has 0 unspecified atom stereocenters. The van der Waals surface area contributed by atoms with Crippen molar-refractivity contribution in [3.8, 4) is 17.5 Å². The van der Waals surface area contributed by atoms with E-state index in [1.165, 1.54) is 0 Å². The van der Waals surface area contributed by atoms with E-state index in [1.54, 1.807) is 6.07 Å². The van der Waals surface area contributed by atoms with E-state index in [2.05, 4.69) is 40.5 Å². The molecule has 0 fully saturated rings. The lowest BCUT2D eigenvalue weighted by Crippen LogP contribution is -2.08. The van der Waals surface area contributed by atoms with Crippen LogP contribution in [0.3, 0.4) is 0 Å². The average molecular weight is 357 g/mol. The largest absolute Gasteiger partial charge is 0.370 e. The van der Waals surface area contributed by atoms with Crippen LogP contribution in [0.15, 0.2) is 60.7 Å². The molecule has 5 heteroatoms. The third kappa shape index (κ3) is 5.05. The molecule has 1 heterocycles. The zero-order chi connectivity index (χ0) is 19.1. The maximum absolute atomic E-state index is 9.32. The normalized spacial score (nSPS) is 10.4. The average Bonchev–Trinajstić information content (AvgIpc) is 2.69. The first-order valence-electron chi connectivity index (χ1n) is 9.10. The Bertz CT molecular complexity index is 929. The zero-order valence-corrected chi connectivity index (χ0v) is 15.6. The second kappa shape index (κ2) is 8.81. The molecule has 0 atom stereocenters. The van der Waals surface area contributed by atoms with E-state index in [1.807, 2.05) is 54.6 Å². The minimum absolute atomic E-state index is 0.576. The molecule has 0 bridgehead atoms. The van der Waals surface area contributed by atoms with Crippen molar-refractivity contribution in [3.05, 3.63) is 66.2 Å². The monoisotopic (exact) mass is 357 g/mol. The van der Waals surface area contributed by atoms with Gasteiger partial charge in [0.1, 0.15) is 17.7 Å². The van der Waals surface area contributed by atoms with Gasteiger partial charge >= 0.3 is 0 Å². The first-order valence-corrected chi connectivity index (χ1v) is 9.10. The molecule has 2 aromatic carbocycles. The highest BCUT2D eigenvalue weighted by molar-refractivity contribution is 5.68. The van der Waals surface area contributed by atoms with Crippen LogP contribution in [0.1, 0.15) is 25.8 Å². The third-order valence-corrected chi connectivity index (χ3v) is 4.10. The quantitative estimate of drug-likeness (QED) is 0.607. The molecule has 3 rings (SSSR count). The molecule has 0 radical (unpaired) electrons. The van der Waals surface area contributed by atoms with Crippen molar-refractivity contribution in [1.82, 2.24) is 9.97 Å². The second-order valence-corrected chi connectivity index (χ2v) is 6.72. The summed E-state index contributed by atoms with van der Waals surface area (Å²) in [6.45, 7) is 5.24. The Morgan fingerprint density at radius 2 is 1.67 bits per heavy atom. The van der Waals surface area contributed by atoms with E-state index in [-0.39, 0.29) is 0 Å². The Morgan fingerprint density at radius 3 is 2.41 bits per heavy atom. The van der Waals surface area contributed by atoms with Crippen LogP contribution in [0.2, 0.25) is 0 Å². The second-order valence-electron chi connectivity index (χ2n) is 6.72. The van der Waals surface area contributed by atoms with Gasteiger partial charge in [-0.15, -0.1) is 0 Å². The molecule has 3 aromatic rings. The van der Waals surface area contributed by atoms with Crippen LogP contribution in [-0.4, -0.2) is 16.5 Å². The molecular weight excluding hydrogens is 334 g/mol. The van der Waals surface area contributed by atoms with Gasteiger partial charge in [-0.25, -0.2) is 9.97 Å². The van der Waals surface area contributed by atoms with Gasteiger partial charge in [-0.3, -0.25) is 0 Å². The molecule has 0 spiro atoms. The van der Waals surface area contributed by atoms with Crippen LogP contribution in [-0.2, 0) is 0 Å². The molecule has 0 aliphatic rings. The number of benzene rings is 2. The summed E-state index contributed by atoms with van der Waals surface area (Å²) < 4.78 is 0. The van der Waals surface area contributed by atoms with E-state index >= 15 is 0 Å². The summed E-state index contributed by atoms with van der Waals surface area (Å²) in [6.07, 6.45) is 1.06. The number of hydrogen-bond acceptors (Lipinski definition) is 5. The van der Waals surface area contributed by atoms with E-state index in [0.717, 1.165) is 30.0 Å². The van der Waals surface area contributed by atoms with Crippen LogP contribution in [0.4, 0.5) is 17.3 Å². The maximum atomic E-state index is 9.32. The predicted molar refractivity (Wildman–Crippen MR) is 110 cm³/mol. The lowest BCUT2D eigenvalue weighted by atomic mass is 10.1. The van der Waals surface area contributed by atoms with Crippen molar-refractivity contribution >= 4 is 17.3 Å². The van der Waals surface area contributed by atoms with Crippen LogP contribution in [0.25, 0.3) is 11.4 Å². The van der Waals surface area contributed by atoms with E-state index < -0.39 is 0 Å². The van der Waals surface area contributed by atoms with Gasteiger partial charge < -0.3 is 10.6 Å². The summed E-state index contributed by atoms with van der Waals surface area (Å²) in [5.41, 5.74) is 2.25. The van der Waals surface area contributed by atoms with Gasteiger partial charge in [0.15, 0.2) is 5.82 Å². The van der Waals surface area contributed by atoms with Crippen LogP contribution in [0.5, 0.6) is 0 Å². The van der Waals surface area contributed by atoms with Crippen molar-refractivity contribution in [2.24, 2.45) is 5.92 Å². The molecule has 27 heavy (non-hydrogen) atoms. The van der Waals surface area contributed by atoms with Gasteiger partial charge in [-0.05, 0) is 24.5 Å². The SMILES string of the molecule is CC(C)CCNc1cc(Nc2ccccc2C#N)nc(-c2ccccc2)n1. The Labute approximate surface area is 160 Å². The first-order chi connectivity index (χ1) is 13.2. The van der Waals surface area contributed by atoms with E-state index in [4.69, 9.17) is 0 Å². The number of aromatic nitrogens is 2. The van der Waals surface area contributed by atoms with Crippen LogP contribution >= 0.6 is 0 Å². The summed E-state index contributed by atoms with van der Waals surface area (Å²) in [5.74, 6) is 2.68. The molecular formula is C22H23N5. The highest BCUT2D eigenvalue weighted by Gasteiger charge is 2.09. The lowest BCUT2D eigenvalue weighted by Gasteiger charge is -2.13. The molecule has 1 aromatic heterocycles. The minimum atomic E-state index is 0.576. The number of hydrogen-bond donors (Lipinski definition) is 2. The highest BCUT2D eigenvalue weighted by Crippen LogP contribution is 2.24. The van der Waals surface area contributed by atoms with Gasteiger partial charge in [0.25, 0.3) is 0 Å². The Morgan fingerprint density at radius 1 is 0.963 bits per heavy atom. The van der Waals surface area contributed by atoms with Gasteiger partial charge in [0.05, 0.1) is 11.3 Å². The first kappa shape index (κ1) is 18.4. The molecule has 2 N–H and O–H groups in total. The van der Waals surface area contributed by atoms with Crippen molar-refractivity contribution in [2.45, 2.75) is 20.3 Å². The number of nitrogens with zero attached hydrogens (tertiary/aromatic N) is 3. The summed E-state index contributed by atoms with van der Waals surface area (Å²) in [5, 5.41) is 16.0. The fraction of sp³-hybridized carbons (Fsp3) is 0.227. The molecule has 0 saturated carbocycles. The Kier molecular flexibility index (Phi) is 6.01. The summed E-state index contributed by atoms with van der Waals surface area (Å²) in [7, 11) is 0. The number of nitrogens with one attached hydrogen (secondary N) is 2. The molecule has 0 aliphatic carbocycles. The van der Waals surface area contributed by atoms with Crippen molar-refractivity contribution in [1.29, 1.82) is 5.26 Å². The van der Waals surface area contributed by atoms with Gasteiger partial charge in [-0.2, -0.15) is 5.26 Å². The lowest BCUT2D eigenvalue weighted by molar-refractivity contribution is 0.606. The fourth-order valence-electron chi connectivity index (χ4n) is 2.63. The highest BCUT2D eigenvalue weighted by atomic mass is 15.1. The van der Waals surface area contributed by atoms with E-state index in [9.17, 15) is 5.26 Å². The summed E-state index contributed by atoms with van der Waals surface area (Å²) >= 11 is 0. The molecule has 0 saturated heterocycles. The van der Waals surface area contributed by atoms with Crippen LogP contribution < -0.4 is 10.6 Å². The van der Waals surface area contributed by atoms with Crippen molar-refractivity contribution < 1.29 is 0 Å². The number of anilines is 3. The molecule has 0 aliphatic heterocycles. The number of rotatable bonds is 7. The zero-order valence-electron chi connectivity index (χ0n) is 15.6. The van der Waals surface area contributed by atoms with Crippen molar-refractivity contribution in [3.63, 3.8) is 0 Å². The minimum Gasteiger partial charge on any atom is -0.370 e. The Hall–Kier alpha value is -3.39. The topological polar surface area (TPSA) is 73.6 Å². The van der Waals surface area contributed by atoms with Crippen LogP contribution in [0, 0.1) is 17.2 Å². The Balaban J connectivity index is 1.93. The maximum Gasteiger partial charge on any atom is 0.163 e. The molecule has 136 valence electrons. The number of para-hydroxylation sites is 1. The molecule has 0 amide bonds. The van der Waals surface area contributed by atoms with E-state index in [0.29, 0.717) is 23.1 Å². The van der Waals surface area contributed by atoms with Gasteiger partial charge in [0, 0.05) is 18.2 Å². The summed E-state index contributed by atoms with van der Waals surface area (Å²) in [4.78, 5) is 9.30.